The number of nitrogens with zero attached hydrogens (tertiary/aromatic N) is 2. The van der Waals surface area contributed by atoms with Crippen molar-refractivity contribution in [1.29, 1.82) is 0 Å². The van der Waals surface area contributed by atoms with Gasteiger partial charge in [-0.1, -0.05) is 6.07 Å². The predicted octanol–water partition coefficient (Wildman–Crippen LogP) is 2.69. The summed E-state index contributed by atoms with van der Waals surface area (Å²) >= 11 is 0. The quantitative estimate of drug-likeness (QED) is 0.709. The largest absolute Gasteiger partial charge is 0.416 e. The van der Waals surface area contributed by atoms with Gasteiger partial charge in [-0.15, -0.1) is 0 Å². The zero-order chi connectivity index (χ0) is 10.9. The van der Waals surface area contributed by atoms with Gasteiger partial charge in [0.15, 0.2) is 0 Å². The van der Waals surface area contributed by atoms with Gasteiger partial charge >= 0.3 is 6.18 Å². The van der Waals surface area contributed by atoms with E-state index in [1.54, 1.807) is 6.07 Å². The molecule has 15 heavy (non-hydrogen) atoms. The van der Waals surface area contributed by atoms with Crippen LogP contribution in [-0.4, -0.2) is 9.55 Å². The number of halogens is 3. The molecule has 0 spiro atoms. The second kappa shape index (κ2) is 3.42. The molecule has 77 valence electrons. The van der Waals surface area contributed by atoms with E-state index in [4.69, 9.17) is 0 Å². The van der Waals surface area contributed by atoms with Gasteiger partial charge in [0.2, 0.25) is 0 Å². The van der Waals surface area contributed by atoms with Crippen LogP contribution in [0.25, 0.3) is 5.69 Å². The molecular weight excluding hydrogens is 205 g/mol. The Balaban J connectivity index is 2.44. The molecule has 2 aromatic rings. The van der Waals surface area contributed by atoms with Crippen LogP contribution in [0.15, 0.2) is 36.8 Å². The number of hydrogen-bond acceptors (Lipinski definition) is 1. The summed E-state index contributed by atoms with van der Waals surface area (Å²) in [6, 6.07) is 5.03. The number of benzene rings is 1. The van der Waals surface area contributed by atoms with Crippen molar-refractivity contribution >= 4 is 0 Å². The van der Waals surface area contributed by atoms with Crippen molar-refractivity contribution in [3.63, 3.8) is 0 Å². The van der Waals surface area contributed by atoms with E-state index in [0.29, 0.717) is 5.69 Å². The molecule has 0 aliphatic rings. The first-order chi connectivity index (χ1) is 7.07. The predicted molar refractivity (Wildman–Crippen MR) is 47.4 cm³/mol. The second-order valence-corrected chi connectivity index (χ2v) is 2.96. The molecule has 0 aliphatic carbocycles. The Morgan fingerprint density at radius 3 is 2.67 bits per heavy atom. The smallest absolute Gasteiger partial charge is 0.306 e. The fraction of sp³-hybridized carbons (Fsp3) is 0.100. The lowest BCUT2D eigenvalue weighted by molar-refractivity contribution is -0.137. The van der Waals surface area contributed by atoms with E-state index >= 15 is 0 Å². The number of hydrogen-bond donors (Lipinski definition) is 0. The maximum Gasteiger partial charge on any atom is 0.416 e. The first kappa shape index (κ1) is 9.76. The molecule has 0 N–H and O–H groups in total. The van der Waals surface area contributed by atoms with E-state index in [-0.39, 0.29) is 0 Å². The molecule has 1 aromatic heterocycles. The number of imidazole rings is 1. The summed E-state index contributed by atoms with van der Waals surface area (Å²) in [7, 11) is 0. The fourth-order valence-corrected chi connectivity index (χ4v) is 1.21. The molecule has 1 radical (unpaired) electrons. The van der Waals surface area contributed by atoms with Crippen LogP contribution in [0.2, 0.25) is 0 Å². The van der Waals surface area contributed by atoms with E-state index in [1.165, 1.54) is 23.2 Å². The van der Waals surface area contributed by atoms with Gasteiger partial charge in [0, 0.05) is 11.9 Å². The van der Waals surface area contributed by atoms with Crippen molar-refractivity contribution in [2.45, 2.75) is 6.18 Å². The van der Waals surface area contributed by atoms with Crippen molar-refractivity contribution in [3.8, 4) is 5.69 Å². The van der Waals surface area contributed by atoms with Crippen LogP contribution in [0.5, 0.6) is 0 Å². The summed E-state index contributed by atoms with van der Waals surface area (Å²) in [4.78, 5) is 3.65. The minimum Gasteiger partial charge on any atom is -0.306 e. The molecule has 5 heteroatoms. The Hall–Kier alpha value is -1.78. The average Bonchev–Trinajstić information content (AvgIpc) is 2.69. The maximum absolute atomic E-state index is 12.4. The summed E-state index contributed by atoms with van der Waals surface area (Å²) in [5.74, 6) is 0. The molecule has 0 aliphatic heterocycles. The molecule has 0 unspecified atom stereocenters. The first-order valence-electron chi connectivity index (χ1n) is 4.15. The summed E-state index contributed by atoms with van der Waals surface area (Å²) in [5.41, 5.74) is -0.257. The Morgan fingerprint density at radius 1 is 1.27 bits per heavy atom. The molecule has 0 fully saturated rings. The van der Waals surface area contributed by atoms with Crippen molar-refractivity contribution in [2.75, 3.05) is 0 Å². The molecule has 2 rings (SSSR count). The topological polar surface area (TPSA) is 17.8 Å². The molecule has 0 amide bonds. The van der Waals surface area contributed by atoms with E-state index in [2.05, 4.69) is 11.2 Å². The molecule has 1 heterocycles. The van der Waals surface area contributed by atoms with Gasteiger partial charge < -0.3 is 4.57 Å². The summed E-state index contributed by atoms with van der Waals surface area (Å²) in [6.07, 6.45) is 1.07. The van der Waals surface area contributed by atoms with Crippen molar-refractivity contribution in [1.82, 2.24) is 9.55 Å². The maximum atomic E-state index is 12.4. The monoisotopic (exact) mass is 211 g/mol. The molecule has 0 atom stereocenters. The molecule has 1 aromatic carbocycles. The third kappa shape index (κ3) is 2.01. The van der Waals surface area contributed by atoms with Crippen LogP contribution < -0.4 is 0 Å². The van der Waals surface area contributed by atoms with Gasteiger partial charge in [-0.3, -0.25) is 0 Å². The van der Waals surface area contributed by atoms with Gasteiger partial charge in [0.1, 0.15) is 6.20 Å². The molecule has 0 bridgehead atoms. The van der Waals surface area contributed by atoms with Gasteiger partial charge in [-0.05, 0) is 18.2 Å². The van der Waals surface area contributed by atoms with E-state index in [0.717, 1.165) is 12.1 Å². The third-order valence-corrected chi connectivity index (χ3v) is 1.93. The van der Waals surface area contributed by atoms with E-state index in [9.17, 15) is 13.2 Å². The van der Waals surface area contributed by atoms with Crippen molar-refractivity contribution in [2.24, 2.45) is 0 Å². The summed E-state index contributed by atoms with van der Waals surface area (Å²) in [5, 5.41) is 0. The van der Waals surface area contributed by atoms with Crippen LogP contribution in [-0.2, 0) is 6.18 Å². The van der Waals surface area contributed by atoms with E-state index < -0.39 is 11.7 Å². The van der Waals surface area contributed by atoms with Gasteiger partial charge in [0.25, 0.3) is 0 Å². The average molecular weight is 211 g/mol. The Kier molecular flexibility index (Phi) is 2.22. The minimum absolute atomic E-state index is 0.415. The Morgan fingerprint density at radius 2 is 2.07 bits per heavy atom. The normalized spacial score (nSPS) is 11.7. The molecule has 0 saturated carbocycles. The van der Waals surface area contributed by atoms with Crippen LogP contribution in [0.1, 0.15) is 5.56 Å². The van der Waals surface area contributed by atoms with Crippen LogP contribution in [0.4, 0.5) is 13.2 Å². The highest BCUT2D eigenvalue weighted by molar-refractivity contribution is 5.36. The Labute approximate surface area is 84.0 Å². The van der Waals surface area contributed by atoms with Crippen molar-refractivity contribution < 1.29 is 13.2 Å². The number of rotatable bonds is 1. The second-order valence-electron chi connectivity index (χ2n) is 2.96. The van der Waals surface area contributed by atoms with Crippen LogP contribution in [0.3, 0.4) is 0 Å². The first-order valence-corrected chi connectivity index (χ1v) is 4.15. The standard InChI is InChI=1S/C10H6F3N2/c11-10(12,13)8-2-1-3-9(6-8)15-5-4-14-7-15/h1-3,5-7H. The summed E-state index contributed by atoms with van der Waals surface area (Å²) in [6.45, 7) is 0. The van der Waals surface area contributed by atoms with Crippen LogP contribution in [0, 0.1) is 6.20 Å². The Bertz CT molecular complexity index is 446. The number of alkyl halides is 3. The van der Waals surface area contributed by atoms with Gasteiger partial charge in [-0.2, -0.15) is 13.2 Å². The highest BCUT2D eigenvalue weighted by atomic mass is 19.4. The highest BCUT2D eigenvalue weighted by Crippen LogP contribution is 2.30. The van der Waals surface area contributed by atoms with Gasteiger partial charge in [0.05, 0.1) is 11.9 Å². The number of aromatic nitrogens is 2. The lowest BCUT2D eigenvalue weighted by Crippen LogP contribution is -2.05. The van der Waals surface area contributed by atoms with E-state index in [1.807, 2.05) is 0 Å². The van der Waals surface area contributed by atoms with Gasteiger partial charge in [-0.25, -0.2) is 4.98 Å². The van der Waals surface area contributed by atoms with Crippen molar-refractivity contribution in [3.05, 3.63) is 48.5 Å². The minimum atomic E-state index is -4.32. The molecule has 2 nitrogen and oxygen atoms in total. The summed E-state index contributed by atoms with van der Waals surface area (Å²) < 4.78 is 38.6. The zero-order valence-corrected chi connectivity index (χ0v) is 7.49. The third-order valence-electron chi connectivity index (χ3n) is 1.93. The lowest BCUT2D eigenvalue weighted by atomic mass is 10.2. The lowest BCUT2D eigenvalue weighted by Gasteiger charge is -2.08. The highest BCUT2D eigenvalue weighted by Gasteiger charge is 2.30. The zero-order valence-electron chi connectivity index (χ0n) is 7.49. The fourth-order valence-electron chi connectivity index (χ4n) is 1.21. The molecular formula is C10H6F3N2. The van der Waals surface area contributed by atoms with Crippen LogP contribution >= 0.6 is 0 Å². The molecule has 0 saturated heterocycles. The SMILES string of the molecule is FC(F)(F)c1cccc(-n2c[c]nc2)c1.